The van der Waals surface area contributed by atoms with Gasteiger partial charge in [-0.2, -0.15) is 0 Å². The highest BCUT2D eigenvalue weighted by Crippen LogP contribution is 2.32. The third kappa shape index (κ3) is 4.09. The highest BCUT2D eigenvalue weighted by Gasteiger charge is 2.27. The topological polar surface area (TPSA) is 60.1 Å². The largest absolute Gasteiger partial charge is 0.493 e. The number of nitrogens with zero attached hydrogens (tertiary/aromatic N) is 2. The summed E-state index contributed by atoms with van der Waals surface area (Å²) in [7, 11) is 3.69. The molecule has 0 atom stereocenters. The molecule has 0 unspecified atom stereocenters. The van der Waals surface area contributed by atoms with Crippen molar-refractivity contribution in [1.82, 2.24) is 4.90 Å². The van der Waals surface area contributed by atoms with E-state index in [0.29, 0.717) is 24.7 Å². The lowest BCUT2D eigenvalue weighted by molar-refractivity contribution is 0.200. The molecular formula is C18H27N3O2. The van der Waals surface area contributed by atoms with Gasteiger partial charge >= 0.3 is 0 Å². The predicted molar refractivity (Wildman–Crippen MR) is 92.0 cm³/mol. The van der Waals surface area contributed by atoms with Crippen LogP contribution in [0, 0.1) is 0 Å². The number of guanidine groups is 1. The summed E-state index contributed by atoms with van der Waals surface area (Å²) in [5, 5.41) is 0. The number of hydrogen-bond acceptors (Lipinski definition) is 3. The number of rotatable bonds is 6. The fourth-order valence-electron chi connectivity index (χ4n) is 3.03. The molecule has 2 fully saturated rings. The summed E-state index contributed by atoms with van der Waals surface area (Å²) in [5.41, 5.74) is 7.14. The first-order valence-electron chi connectivity index (χ1n) is 8.53. The summed E-state index contributed by atoms with van der Waals surface area (Å²) in [6, 6.07) is 6.59. The highest BCUT2D eigenvalue weighted by molar-refractivity contribution is 5.78. The van der Waals surface area contributed by atoms with Gasteiger partial charge < -0.3 is 20.1 Å². The van der Waals surface area contributed by atoms with Gasteiger partial charge in [0, 0.05) is 13.1 Å². The van der Waals surface area contributed by atoms with Crippen LogP contribution in [0.1, 0.15) is 44.1 Å². The molecule has 2 aliphatic carbocycles. The smallest absolute Gasteiger partial charge is 0.191 e. The molecule has 0 spiro atoms. The summed E-state index contributed by atoms with van der Waals surface area (Å²) in [5.74, 6) is 2.22. The lowest BCUT2D eigenvalue weighted by Crippen LogP contribution is -2.35. The van der Waals surface area contributed by atoms with Crippen molar-refractivity contribution in [2.45, 2.75) is 57.2 Å². The van der Waals surface area contributed by atoms with Gasteiger partial charge in [0.1, 0.15) is 0 Å². The Bertz CT molecular complexity index is 563. The predicted octanol–water partition coefficient (Wildman–Crippen LogP) is 2.93. The maximum Gasteiger partial charge on any atom is 0.191 e. The molecule has 0 saturated heterocycles. The Morgan fingerprint density at radius 1 is 1.22 bits per heavy atom. The molecule has 1 aromatic carbocycles. The van der Waals surface area contributed by atoms with Crippen LogP contribution in [0.5, 0.6) is 11.5 Å². The zero-order chi connectivity index (χ0) is 16.2. The van der Waals surface area contributed by atoms with Crippen LogP contribution in [0.4, 0.5) is 0 Å². The van der Waals surface area contributed by atoms with Crippen LogP contribution in [0.15, 0.2) is 23.2 Å². The van der Waals surface area contributed by atoms with Gasteiger partial charge in [0.2, 0.25) is 0 Å². The van der Waals surface area contributed by atoms with Gasteiger partial charge in [-0.15, -0.1) is 0 Å². The third-order valence-corrected chi connectivity index (χ3v) is 4.70. The lowest BCUT2D eigenvalue weighted by atomic mass is 10.2. The van der Waals surface area contributed by atoms with Crippen molar-refractivity contribution in [2.24, 2.45) is 10.7 Å². The SMILES string of the molecule is COc1ccc(CN=C(N)N(C)C2CC2)cc1OC1CCCC1. The van der Waals surface area contributed by atoms with Crippen molar-refractivity contribution >= 4 is 5.96 Å². The van der Waals surface area contributed by atoms with Crippen molar-refractivity contribution in [3.05, 3.63) is 23.8 Å². The van der Waals surface area contributed by atoms with E-state index in [4.69, 9.17) is 15.2 Å². The molecule has 126 valence electrons. The van der Waals surface area contributed by atoms with E-state index in [9.17, 15) is 0 Å². The lowest BCUT2D eigenvalue weighted by Gasteiger charge is -2.18. The van der Waals surface area contributed by atoms with Crippen LogP contribution >= 0.6 is 0 Å². The Labute approximate surface area is 138 Å². The minimum absolute atomic E-state index is 0.314. The average Bonchev–Trinajstić information content (AvgIpc) is 3.30. The van der Waals surface area contributed by atoms with E-state index < -0.39 is 0 Å². The molecule has 1 aromatic rings. The molecule has 23 heavy (non-hydrogen) atoms. The Morgan fingerprint density at radius 3 is 2.61 bits per heavy atom. The maximum atomic E-state index is 6.13. The molecule has 2 aliphatic rings. The summed E-state index contributed by atoms with van der Waals surface area (Å²) in [6.45, 7) is 0.563. The number of nitrogens with two attached hydrogens (primary N) is 1. The van der Waals surface area contributed by atoms with E-state index in [1.807, 2.05) is 25.2 Å². The molecule has 0 bridgehead atoms. The Hall–Kier alpha value is -1.91. The zero-order valence-corrected chi connectivity index (χ0v) is 14.1. The van der Waals surface area contributed by atoms with E-state index in [1.54, 1.807) is 7.11 Å². The second-order valence-corrected chi connectivity index (χ2v) is 6.53. The van der Waals surface area contributed by atoms with Crippen molar-refractivity contribution in [1.29, 1.82) is 0 Å². The van der Waals surface area contributed by atoms with Gasteiger partial charge in [0.15, 0.2) is 17.5 Å². The van der Waals surface area contributed by atoms with Crippen molar-refractivity contribution < 1.29 is 9.47 Å². The Kier molecular flexibility index (Phi) is 4.94. The molecule has 2 saturated carbocycles. The monoisotopic (exact) mass is 317 g/mol. The van der Waals surface area contributed by atoms with Gasteiger partial charge in [-0.3, -0.25) is 0 Å². The first-order chi connectivity index (χ1) is 11.2. The van der Waals surface area contributed by atoms with Gasteiger partial charge in [-0.25, -0.2) is 4.99 Å². The second kappa shape index (κ2) is 7.11. The summed E-state index contributed by atoms with van der Waals surface area (Å²) < 4.78 is 11.5. The summed E-state index contributed by atoms with van der Waals surface area (Å²) in [6.07, 6.45) is 7.51. The van der Waals surface area contributed by atoms with Crippen LogP contribution in [0.2, 0.25) is 0 Å². The number of aliphatic imine (C=N–C) groups is 1. The minimum atomic E-state index is 0.314. The normalized spacial score (nSPS) is 19.0. The van der Waals surface area contributed by atoms with Crippen LogP contribution < -0.4 is 15.2 Å². The molecule has 0 amide bonds. The van der Waals surface area contributed by atoms with Gasteiger partial charge in [0.25, 0.3) is 0 Å². The fraction of sp³-hybridized carbons (Fsp3) is 0.611. The van der Waals surface area contributed by atoms with Crippen molar-refractivity contribution in [2.75, 3.05) is 14.2 Å². The van der Waals surface area contributed by atoms with E-state index >= 15 is 0 Å². The number of hydrogen-bond donors (Lipinski definition) is 1. The first kappa shape index (κ1) is 16.0. The molecule has 0 heterocycles. The zero-order valence-electron chi connectivity index (χ0n) is 14.1. The molecule has 5 nitrogen and oxygen atoms in total. The summed E-state index contributed by atoms with van der Waals surface area (Å²) >= 11 is 0. The molecule has 0 aliphatic heterocycles. The highest BCUT2D eigenvalue weighted by atomic mass is 16.5. The van der Waals surface area contributed by atoms with E-state index in [2.05, 4.69) is 9.89 Å². The minimum Gasteiger partial charge on any atom is -0.493 e. The molecule has 5 heteroatoms. The first-order valence-corrected chi connectivity index (χ1v) is 8.53. The Balaban J connectivity index is 1.67. The Morgan fingerprint density at radius 2 is 1.96 bits per heavy atom. The van der Waals surface area contributed by atoms with Crippen molar-refractivity contribution in [3.63, 3.8) is 0 Å². The average molecular weight is 317 g/mol. The number of ether oxygens (including phenoxy) is 2. The third-order valence-electron chi connectivity index (χ3n) is 4.70. The standard InChI is InChI=1S/C18H27N3O2/c1-21(14-8-9-14)18(19)20-12-13-7-10-16(22-2)17(11-13)23-15-5-3-4-6-15/h7,10-11,14-15H,3-6,8-9,12H2,1-2H3,(H2,19,20). The fourth-order valence-corrected chi connectivity index (χ4v) is 3.03. The number of methoxy groups -OCH3 is 1. The number of benzene rings is 1. The van der Waals surface area contributed by atoms with Gasteiger partial charge in [-0.1, -0.05) is 6.07 Å². The molecule has 0 aromatic heterocycles. The molecule has 0 radical (unpaired) electrons. The van der Waals surface area contributed by atoms with Crippen LogP contribution in [0.25, 0.3) is 0 Å². The van der Waals surface area contributed by atoms with Gasteiger partial charge in [0.05, 0.1) is 19.8 Å². The van der Waals surface area contributed by atoms with Crippen LogP contribution in [0.3, 0.4) is 0 Å². The van der Waals surface area contributed by atoms with Gasteiger partial charge in [-0.05, 0) is 56.2 Å². The van der Waals surface area contributed by atoms with Crippen LogP contribution in [-0.2, 0) is 6.54 Å². The van der Waals surface area contributed by atoms with E-state index in [1.165, 1.54) is 25.7 Å². The van der Waals surface area contributed by atoms with E-state index in [-0.39, 0.29) is 0 Å². The second-order valence-electron chi connectivity index (χ2n) is 6.53. The molecule has 3 rings (SSSR count). The molecular weight excluding hydrogens is 290 g/mol. The summed E-state index contributed by atoms with van der Waals surface area (Å²) in [4.78, 5) is 6.58. The quantitative estimate of drug-likeness (QED) is 0.647. The van der Waals surface area contributed by atoms with E-state index in [0.717, 1.165) is 29.9 Å². The van der Waals surface area contributed by atoms with Crippen LogP contribution in [-0.4, -0.2) is 37.2 Å². The maximum absolute atomic E-state index is 6.13. The van der Waals surface area contributed by atoms with Crippen molar-refractivity contribution in [3.8, 4) is 11.5 Å². The molecule has 2 N–H and O–H groups in total.